The Hall–Kier alpha value is -0.0800. The summed E-state index contributed by atoms with van der Waals surface area (Å²) in [6, 6.07) is 0. The van der Waals surface area contributed by atoms with Crippen LogP contribution >= 0.6 is 24.0 Å². The molecular formula is C19H39IN4O. The van der Waals surface area contributed by atoms with Gasteiger partial charge in [-0.1, -0.05) is 26.2 Å². The molecule has 0 radical (unpaired) electrons. The molecule has 0 bridgehead atoms. The average molecular weight is 466 g/mol. The summed E-state index contributed by atoms with van der Waals surface area (Å²) in [6.07, 6.45) is 10.7. The van der Waals surface area contributed by atoms with E-state index in [0.29, 0.717) is 6.10 Å². The van der Waals surface area contributed by atoms with Crippen LogP contribution < -0.4 is 10.6 Å². The predicted molar refractivity (Wildman–Crippen MR) is 117 cm³/mol. The van der Waals surface area contributed by atoms with Gasteiger partial charge in [0.2, 0.25) is 0 Å². The first-order chi connectivity index (χ1) is 11.8. The largest absolute Gasteiger partial charge is 0.378 e. The Morgan fingerprint density at radius 1 is 1.16 bits per heavy atom. The van der Waals surface area contributed by atoms with E-state index in [1.165, 1.54) is 64.6 Å². The molecule has 1 atom stereocenters. The molecule has 1 unspecified atom stereocenters. The molecule has 2 rings (SSSR count). The lowest BCUT2D eigenvalue weighted by molar-refractivity contribution is 0.0277. The SMILES string of the molecule is CCCN1CCC(CNC(=NC)NCCCOC2CCCCC2)C1.I. The van der Waals surface area contributed by atoms with Crippen molar-refractivity contribution in [2.45, 2.75) is 64.4 Å². The van der Waals surface area contributed by atoms with Crippen LogP contribution in [0.3, 0.4) is 0 Å². The van der Waals surface area contributed by atoms with Gasteiger partial charge in [0.1, 0.15) is 0 Å². The van der Waals surface area contributed by atoms with E-state index in [4.69, 9.17) is 4.74 Å². The second-order valence-electron chi connectivity index (χ2n) is 7.32. The van der Waals surface area contributed by atoms with Crippen molar-refractivity contribution in [1.29, 1.82) is 0 Å². The van der Waals surface area contributed by atoms with Crippen LogP contribution in [0.5, 0.6) is 0 Å². The normalized spacial score (nSPS) is 22.6. The molecule has 0 amide bonds. The maximum Gasteiger partial charge on any atom is 0.190 e. The number of halogens is 1. The molecule has 25 heavy (non-hydrogen) atoms. The lowest BCUT2D eigenvalue weighted by Gasteiger charge is -2.22. The second kappa shape index (κ2) is 14.0. The van der Waals surface area contributed by atoms with Gasteiger partial charge in [-0.2, -0.15) is 0 Å². The van der Waals surface area contributed by atoms with Crippen LogP contribution in [0.15, 0.2) is 4.99 Å². The Morgan fingerprint density at radius 3 is 2.68 bits per heavy atom. The summed E-state index contributed by atoms with van der Waals surface area (Å²) in [7, 11) is 1.85. The van der Waals surface area contributed by atoms with Gasteiger partial charge < -0.3 is 20.3 Å². The first-order valence-corrected chi connectivity index (χ1v) is 10.1. The van der Waals surface area contributed by atoms with E-state index in [2.05, 4.69) is 27.4 Å². The summed E-state index contributed by atoms with van der Waals surface area (Å²) in [5.41, 5.74) is 0. The Labute approximate surface area is 171 Å². The maximum atomic E-state index is 5.97. The van der Waals surface area contributed by atoms with E-state index in [9.17, 15) is 0 Å². The molecule has 1 aliphatic heterocycles. The van der Waals surface area contributed by atoms with E-state index < -0.39 is 0 Å². The molecule has 148 valence electrons. The Kier molecular flexibility index (Phi) is 12.9. The molecule has 1 heterocycles. The van der Waals surface area contributed by atoms with Gasteiger partial charge in [-0.05, 0) is 51.1 Å². The van der Waals surface area contributed by atoms with Crippen molar-refractivity contribution in [2.75, 3.05) is 46.4 Å². The fourth-order valence-corrected chi connectivity index (χ4v) is 3.82. The van der Waals surface area contributed by atoms with Gasteiger partial charge in [0.25, 0.3) is 0 Å². The number of hydrogen-bond donors (Lipinski definition) is 2. The second-order valence-corrected chi connectivity index (χ2v) is 7.32. The highest BCUT2D eigenvalue weighted by Crippen LogP contribution is 2.20. The number of ether oxygens (including phenoxy) is 1. The molecule has 2 fully saturated rings. The van der Waals surface area contributed by atoms with E-state index in [0.717, 1.165) is 38.0 Å². The molecule has 5 nitrogen and oxygen atoms in total. The van der Waals surface area contributed by atoms with Crippen LogP contribution in [0.4, 0.5) is 0 Å². The molecule has 2 aliphatic rings. The number of hydrogen-bond acceptors (Lipinski definition) is 3. The molecule has 1 saturated carbocycles. The van der Waals surface area contributed by atoms with Gasteiger partial charge in [0.15, 0.2) is 5.96 Å². The monoisotopic (exact) mass is 466 g/mol. The molecule has 1 aliphatic carbocycles. The summed E-state index contributed by atoms with van der Waals surface area (Å²) in [5, 5.41) is 6.90. The third-order valence-corrected chi connectivity index (χ3v) is 5.21. The number of rotatable bonds is 9. The van der Waals surface area contributed by atoms with E-state index >= 15 is 0 Å². The highest BCUT2D eigenvalue weighted by atomic mass is 127. The quantitative estimate of drug-likeness (QED) is 0.237. The van der Waals surface area contributed by atoms with Crippen LogP contribution in [-0.4, -0.2) is 63.3 Å². The maximum absolute atomic E-state index is 5.97. The first kappa shape index (κ1) is 23.0. The molecule has 0 aromatic heterocycles. The molecule has 2 N–H and O–H groups in total. The lowest BCUT2D eigenvalue weighted by atomic mass is 9.98. The van der Waals surface area contributed by atoms with Crippen molar-refractivity contribution in [3.8, 4) is 0 Å². The average Bonchev–Trinajstić information content (AvgIpc) is 3.06. The van der Waals surface area contributed by atoms with Gasteiger partial charge in [-0.15, -0.1) is 24.0 Å². The van der Waals surface area contributed by atoms with E-state index in [-0.39, 0.29) is 24.0 Å². The predicted octanol–water partition coefficient (Wildman–Crippen LogP) is 3.24. The minimum atomic E-state index is 0. The zero-order valence-electron chi connectivity index (χ0n) is 16.3. The van der Waals surface area contributed by atoms with E-state index in [1.807, 2.05) is 7.05 Å². The van der Waals surface area contributed by atoms with Crippen molar-refractivity contribution in [3.05, 3.63) is 0 Å². The van der Waals surface area contributed by atoms with Crippen molar-refractivity contribution in [2.24, 2.45) is 10.9 Å². The molecule has 6 heteroatoms. The van der Waals surface area contributed by atoms with Crippen molar-refractivity contribution in [3.63, 3.8) is 0 Å². The summed E-state index contributed by atoms with van der Waals surface area (Å²) < 4.78 is 5.97. The van der Waals surface area contributed by atoms with Crippen molar-refractivity contribution in [1.82, 2.24) is 15.5 Å². The minimum absolute atomic E-state index is 0. The number of guanidine groups is 1. The topological polar surface area (TPSA) is 48.9 Å². The van der Waals surface area contributed by atoms with Crippen molar-refractivity contribution >= 4 is 29.9 Å². The van der Waals surface area contributed by atoms with Gasteiger partial charge in [-0.25, -0.2) is 0 Å². The lowest BCUT2D eigenvalue weighted by Crippen LogP contribution is -2.41. The fourth-order valence-electron chi connectivity index (χ4n) is 3.82. The number of nitrogens with zero attached hydrogens (tertiary/aromatic N) is 2. The summed E-state index contributed by atoms with van der Waals surface area (Å²) in [4.78, 5) is 6.91. The van der Waals surface area contributed by atoms with Gasteiger partial charge >= 0.3 is 0 Å². The summed E-state index contributed by atoms with van der Waals surface area (Å²) >= 11 is 0. The van der Waals surface area contributed by atoms with Crippen LogP contribution in [0.1, 0.15) is 58.3 Å². The first-order valence-electron chi connectivity index (χ1n) is 10.1. The molecular weight excluding hydrogens is 427 g/mol. The van der Waals surface area contributed by atoms with Crippen LogP contribution in [-0.2, 0) is 4.74 Å². The third-order valence-electron chi connectivity index (χ3n) is 5.21. The number of aliphatic imine (C=N–C) groups is 1. The molecule has 0 aromatic carbocycles. The summed E-state index contributed by atoms with van der Waals surface area (Å²) in [5.74, 6) is 1.69. The van der Waals surface area contributed by atoms with Crippen LogP contribution in [0, 0.1) is 5.92 Å². The number of nitrogens with one attached hydrogen (secondary N) is 2. The van der Waals surface area contributed by atoms with E-state index in [1.54, 1.807) is 0 Å². The molecule has 0 aromatic rings. The highest BCUT2D eigenvalue weighted by molar-refractivity contribution is 14.0. The van der Waals surface area contributed by atoms with Crippen LogP contribution in [0.25, 0.3) is 0 Å². The van der Waals surface area contributed by atoms with Gasteiger partial charge in [0, 0.05) is 33.3 Å². The highest BCUT2D eigenvalue weighted by Gasteiger charge is 2.21. The number of likely N-dealkylation sites (tertiary alicyclic amines) is 1. The van der Waals surface area contributed by atoms with Gasteiger partial charge in [-0.3, -0.25) is 4.99 Å². The third kappa shape index (κ3) is 9.43. The van der Waals surface area contributed by atoms with Crippen molar-refractivity contribution < 1.29 is 4.74 Å². The fraction of sp³-hybridized carbons (Fsp3) is 0.947. The Bertz CT molecular complexity index is 361. The molecule has 1 saturated heterocycles. The summed E-state index contributed by atoms with van der Waals surface area (Å²) in [6.45, 7) is 8.80. The van der Waals surface area contributed by atoms with Crippen LogP contribution in [0.2, 0.25) is 0 Å². The standard InChI is InChI=1S/C19H38N4O.HI/c1-3-12-23-13-10-17(16-23)15-22-19(20-2)21-11-7-14-24-18-8-5-4-6-9-18;/h17-18H,3-16H2,1-2H3,(H2,20,21,22);1H. The smallest absolute Gasteiger partial charge is 0.190 e. The minimum Gasteiger partial charge on any atom is -0.378 e. The zero-order valence-corrected chi connectivity index (χ0v) is 18.6. The Balaban J connectivity index is 0.00000312. The Morgan fingerprint density at radius 2 is 1.96 bits per heavy atom. The van der Waals surface area contributed by atoms with Gasteiger partial charge in [0.05, 0.1) is 6.10 Å². The zero-order chi connectivity index (χ0) is 17.0. The molecule has 0 spiro atoms.